The van der Waals surface area contributed by atoms with Crippen LogP contribution in [-0.4, -0.2) is 16.2 Å². The van der Waals surface area contributed by atoms with Crippen LogP contribution < -0.4 is 10.9 Å². The van der Waals surface area contributed by atoms with Crippen molar-refractivity contribution < 1.29 is 13.2 Å². The first-order valence-electron chi connectivity index (χ1n) is 6.29. The van der Waals surface area contributed by atoms with Gasteiger partial charge in [0.05, 0.1) is 11.9 Å². The highest BCUT2D eigenvalue weighted by molar-refractivity contribution is 5.50. The molecule has 1 saturated carbocycles. The molecule has 2 atom stereocenters. The van der Waals surface area contributed by atoms with Crippen LogP contribution in [0.3, 0.4) is 0 Å². The van der Waals surface area contributed by atoms with Crippen molar-refractivity contribution in [2.24, 2.45) is 5.92 Å². The lowest BCUT2D eigenvalue weighted by molar-refractivity contribution is -0.138. The number of nitrogens with zero attached hydrogens (tertiary/aromatic N) is 1. The van der Waals surface area contributed by atoms with Crippen LogP contribution >= 0.6 is 0 Å². The van der Waals surface area contributed by atoms with E-state index in [1.54, 1.807) is 0 Å². The highest BCUT2D eigenvalue weighted by Crippen LogP contribution is 2.33. The van der Waals surface area contributed by atoms with Crippen LogP contribution in [0.5, 0.6) is 0 Å². The van der Waals surface area contributed by atoms with E-state index in [9.17, 15) is 18.0 Å². The fourth-order valence-corrected chi connectivity index (χ4v) is 2.57. The summed E-state index contributed by atoms with van der Waals surface area (Å²) in [5, 5.41) is 8.09. The van der Waals surface area contributed by atoms with Gasteiger partial charge >= 0.3 is 6.18 Å². The van der Waals surface area contributed by atoms with Crippen LogP contribution in [0.25, 0.3) is 0 Å². The number of halogens is 3. The van der Waals surface area contributed by atoms with Crippen molar-refractivity contribution in [3.05, 3.63) is 22.1 Å². The van der Waals surface area contributed by atoms with E-state index in [4.69, 9.17) is 0 Å². The van der Waals surface area contributed by atoms with Crippen molar-refractivity contribution in [3.63, 3.8) is 0 Å². The Balaban J connectivity index is 2.25. The molecule has 0 unspecified atom stereocenters. The van der Waals surface area contributed by atoms with Crippen molar-refractivity contribution in [1.82, 2.24) is 10.2 Å². The van der Waals surface area contributed by atoms with E-state index >= 15 is 0 Å². The predicted molar refractivity (Wildman–Crippen MR) is 64.9 cm³/mol. The Labute approximate surface area is 108 Å². The number of nitrogens with one attached hydrogen (secondary N) is 2. The smallest absolute Gasteiger partial charge is 0.380 e. The number of aromatic amines is 1. The van der Waals surface area contributed by atoms with Crippen LogP contribution in [0.4, 0.5) is 18.9 Å². The second-order valence-electron chi connectivity index (χ2n) is 5.10. The monoisotopic (exact) mass is 275 g/mol. The van der Waals surface area contributed by atoms with Gasteiger partial charge in [0.2, 0.25) is 0 Å². The van der Waals surface area contributed by atoms with Crippen LogP contribution in [0, 0.1) is 5.92 Å². The van der Waals surface area contributed by atoms with Crippen LogP contribution in [0.2, 0.25) is 0 Å². The molecule has 1 fully saturated rings. The summed E-state index contributed by atoms with van der Waals surface area (Å²) in [6, 6.07) is -0.0338. The predicted octanol–water partition coefficient (Wildman–Crippen LogP) is 2.78. The summed E-state index contributed by atoms with van der Waals surface area (Å²) in [5.41, 5.74) is -2.63. The Kier molecular flexibility index (Phi) is 3.82. The van der Waals surface area contributed by atoms with Gasteiger partial charge in [0.1, 0.15) is 5.56 Å². The Morgan fingerprint density at radius 1 is 1.42 bits per heavy atom. The van der Waals surface area contributed by atoms with Gasteiger partial charge in [-0.3, -0.25) is 4.79 Å². The molecule has 1 aromatic rings. The van der Waals surface area contributed by atoms with Gasteiger partial charge in [-0.15, -0.1) is 0 Å². The molecule has 0 spiro atoms. The van der Waals surface area contributed by atoms with Gasteiger partial charge in [-0.1, -0.05) is 19.8 Å². The summed E-state index contributed by atoms with van der Waals surface area (Å²) in [6.07, 6.45) is 0.0515. The molecule has 0 bridgehead atoms. The van der Waals surface area contributed by atoms with Gasteiger partial charge in [-0.2, -0.15) is 18.3 Å². The van der Waals surface area contributed by atoms with E-state index in [1.165, 1.54) is 0 Å². The molecule has 0 radical (unpaired) electrons. The Bertz CT molecular complexity index is 498. The molecule has 0 aromatic carbocycles. The lowest BCUT2D eigenvalue weighted by Gasteiger charge is -2.28. The van der Waals surface area contributed by atoms with Crippen molar-refractivity contribution in [2.45, 2.75) is 44.8 Å². The highest BCUT2D eigenvalue weighted by atomic mass is 19.4. The van der Waals surface area contributed by atoms with Gasteiger partial charge in [0.25, 0.3) is 5.56 Å². The average molecular weight is 275 g/mol. The molecule has 1 aliphatic rings. The van der Waals surface area contributed by atoms with E-state index in [0.717, 1.165) is 31.9 Å². The van der Waals surface area contributed by atoms with Crippen molar-refractivity contribution in [1.29, 1.82) is 0 Å². The first kappa shape index (κ1) is 13.9. The summed E-state index contributed by atoms with van der Waals surface area (Å²) in [7, 11) is 0. The zero-order valence-electron chi connectivity index (χ0n) is 10.5. The minimum absolute atomic E-state index is 0.0338. The van der Waals surface area contributed by atoms with E-state index in [2.05, 4.69) is 17.3 Å². The highest BCUT2D eigenvalue weighted by Gasteiger charge is 2.37. The van der Waals surface area contributed by atoms with Gasteiger partial charge < -0.3 is 5.32 Å². The number of rotatable bonds is 2. The SMILES string of the molecule is C[C@@H]1CCC[C@H](Nc2cn[nH]c(=O)c2C(F)(F)F)C1. The van der Waals surface area contributed by atoms with Crippen LogP contribution in [0.15, 0.2) is 11.0 Å². The lowest BCUT2D eigenvalue weighted by atomic mass is 9.87. The Hall–Kier alpha value is -1.53. The standard InChI is InChI=1S/C12H16F3N3O/c1-7-3-2-4-8(5-7)17-9-6-16-18-11(19)10(9)12(13,14)15/h6-8H,2-5H2,1H3,(H2,17,18,19)/t7-,8+/m1/s1. The third-order valence-corrected chi connectivity index (χ3v) is 3.44. The summed E-state index contributed by atoms with van der Waals surface area (Å²) in [4.78, 5) is 11.3. The van der Waals surface area contributed by atoms with Crippen molar-refractivity contribution in [3.8, 4) is 0 Å². The Morgan fingerprint density at radius 2 is 2.16 bits per heavy atom. The maximum absolute atomic E-state index is 12.9. The minimum atomic E-state index is -4.68. The third-order valence-electron chi connectivity index (χ3n) is 3.44. The first-order chi connectivity index (χ1) is 8.88. The second kappa shape index (κ2) is 5.22. The first-order valence-corrected chi connectivity index (χ1v) is 6.29. The summed E-state index contributed by atoms with van der Waals surface area (Å²) in [6.45, 7) is 2.08. The molecular weight excluding hydrogens is 259 g/mol. The molecule has 1 aromatic heterocycles. The Morgan fingerprint density at radius 3 is 2.79 bits per heavy atom. The minimum Gasteiger partial charge on any atom is -0.380 e. The summed E-state index contributed by atoms with van der Waals surface area (Å²) < 4.78 is 38.6. The number of H-pyrrole nitrogens is 1. The average Bonchev–Trinajstić information content (AvgIpc) is 2.27. The summed E-state index contributed by atoms with van der Waals surface area (Å²) >= 11 is 0. The molecule has 2 rings (SSSR count). The molecule has 0 amide bonds. The fourth-order valence-electron chi connectivity index (χ4n) is 2.57. The molecule has 106 valence electrons. The van der Waals surface area contributed by atoms with E-state index in [-0.39, 0.29) is 11.7 Å². The molecular formula is C12H16F3N3O. The van der Waals surface area contributed by atoms with E-state index < -0.39 is 17.3 Å². The van der Waals surface area contributed by atoms with Crippen molar-refractivity contribution in [2.75, 3.05) is 5.32 Å². The van der Waals surface area contributed by atoms with Gasteiger partial charge in [0, 0.05) is 6.04 Å². The number of anilines is 1. The largest absolute Gasteiger partial charge is 0.423 e. The maximum Gasteiger partial charge on any atom is 0.423 e. The molecule has 1 aliphatic carbocycles. The molecule has 7 heteroatoms. The van der Waals surface area contributed by atoms with Crippen LogP contribution in [-0.2, 0) is 6.18 Å². The maximum atomic E-state index is 12.9. The second-order valence-corrected chi connectivity index (χ2v) is 5.10. The lowest BCUT2D eigenvalue weighted by Crippen LogP contribution is -2.30. The molecule has 0 saturated heterocycles. The molecule has 0 aliphatic heterocycles. The van der Waals surface area contributed by atoms with Crippen molar-refractivity contribution >= 4 is 5.69 Å². The number of hydrogen-bond acceptors (Lipinski definition) is 3. The quantitative estimate of drug-likeness (QED) is 0.872. The molecule has 1 heterocycles. The summed E-state index contributed by atoms with van der Waals surface area (Å²) in [5.74, 6) is 0.482. The van der Waals surface area contributed by atoms with E-state index in [0.29, 0.717) is 5.92 Å². The number of hydrogen-bond donors (Lipinski definition) is 2. The zero-order chi connectivity index (χ0) is 14.0. The zero-order valence-corrected chi connectivity index (χ0v) is 10.5. The van der Waals surface area contributed by atoms with Gasteiger partial charge in [-0.05, 0) is 18.8 Å². The number of alkyl halides is 3. The number of aromatic nitrogens is 2. The van der Waals surface area contributed by atoms with E-state index in [1.807, 2.05) is 5.10 Å². The van der Waals surface area contributed by atoms with Gasteiger partial charge in [0.15, 0.2) is 0 Å². The molecule has 2 N–H and O–H groups in total. The topological polar surface area (TPSA) is 57.8 Å². The van der Waals surface area contributed by atoms with Gasteiger partial charge in [-0.25, -0.2) is 5.10 Å². The fraction of sp³-hybridized carbons (Fsp3) is 0.667. The third kappa shape index (κ3) is 3.27. The normalized spacial score (nSPS) is 24.2. The molecule has 19 heavy (non-hydrogen) atoms. The molecule has 4 nitrogen and oxygen atoms in total. The van der Waals surface area contributed by atoms with Crippen LogP contribution in [0.1, 0.15) is 38.2 Å².